The van der Waals surface area contributed by atoms with Gasteiger partial charge in [-0.1, -0.05) is 19.8 Å². The topological polar surface area (TPSA) is 67.2 Å². The Morgan fingerprint density at radius 3 is 2.57 bits per heavy atom. The minimum Gasteiger partial charge on any atom is -0.350 e. The SMILES string of the molecule is CCCCC(C)NC(=O)c1cc(C(F)(F)F)ccc1NN. The number of nitrogens with two attached hydrogens (primary N) is 1. The zero-order valence-corrected chi connectivity index (χ0v) is 12.1. The van der Waals surface area contributed by atoms with Gasteiger partial charge in [-0.05, 0) is 31.5 Å². The fourth-order valence-corrected chi connectivity index (χ4v) is 1.92. The van der Waals surface area contributed by atoms with E-state index in [1.165, 1.54) is 0 Å². The molecule has 118 valence electrons. The van der Waals surface area contributed by atoms with Gasteiger partial charge in [-0.25, -0.2) is 0 Å². The molecule has 0 aromatic heterocycles. The maximum absolute atomic E-state index is 12.7. The number of hydrogen-bond acceptors (Lipinski definition) is 3. The van der Waals surface area contributed by atoms with Gasteiger partial charge >= 0.3 is 6.18 Å². The van der Waals surface area contributed by atoms with Crippen LogP contribution in [0.2, 0.25) is 0 Å². The summed E-state index contributed by atoms with van der Waals surface area (Å²) in [5, 5.41) is 2.68. The van der Waals surface area contributed by atoms with E-state index in [2.05, 4.69) is 10.7 Å². The van der Waals surface area contributed by atoms with Crippen molar-refractivity contribution in [3.8, 4) is 0 Å². The molecule has 0 saturated carbocycles. The van der Waals surface area contributed by atoms with Crippen molar-refractivity contribution in [3.05, 3.63) is 29.3 Å². The van der Waals surface area contributed by atoms with Crippen molar-refractivity contribution in [3.63, 3.8) is 0 Å². The summed E-state index contributed by atoms with van der Waals surface area (Å²) in [4.78, 5) is 12.1. The van der Waals surface area contributed by atoms with Gasteiger partial charge in [0.2, 0.25) is 0 Å². The third kappa shape index (κ3) is 4.93. The van der Waals surface area contributed by atoms with Crippen LogP contribution in [-0.2, 0) is 6.18 Å². The second kappa shape index (κ2) is 7.31. The van der Waals surface area contributed by atoms with Gasteiger partial charge in [0.15, 0.2) is 0 Å². The standard InChI is InChI=1S/C14H20F3N3O/c1-3-4-5-9(2)19-13(21)11-8-10(14(15,16)17)6-7-12(11)20-18/h6-9,20H,3-5,18H2,1-2H3,(H,19,21). The quantitative estimate of drug-likeness (QED) is 0.558. The molecule has 0 aliphatic carbocycles. The Balaban J connectivity index is 2.96. The first-order chi connectivity index (χ1) is 9.79. The number of amides is 1. The van der Waals surface area contributed by atoms with Crippen LogP contribution in [0.3, 0.4) is 0 Å². The van der Waals surface area contributed by atoms with Crippen molar-refractivity contribution in [2.24, 2.45) is 5.84 Å². The third-order valence-corrected chi connectivity index (χ3v) is 3.12. The van der Waals surface area contributed by atoms with Gasteiger partial charge in [0, 0.05) is 6.04 Å². The van der Waals surface area contributed by atoms with E-state index in [0.717, 1.165) is 37.5 Å². The first-order valence-electron chi connectivity index (χ1n) is 6.78. The van der Waals surface area contributed by atoms with Gasteiger partial charge in [0.25, 0.3) is 5.91 Å². The van der Waals surface area contributed by atoms with Crippen LogP contribution >= 0.6 is 0 Å². The Morgan fingerprint density at radius 2 is 2.05 bits per heavy atom. The number of nitrogen functional groups attached to an aromatic ring is 1. The number of rotatable bonds is 6. The highest BCUT2D eigenvalue weighted by Crippen LogP contribution is 2.31. The van der Waals surface area contributed by atoms with E-state index in [9.17, 15) is 18.0 Å². The highest BCUT2D eigenvalue weighted by Gasteiger charge is 2.31. The molecule has 1 rings (SSSR count). The summed E-state index contributed by atoms with van der Waals surface area (Å²) in [7, 11) is 0. The molecule has 7 heteroatoms. The van der Waals surface area contributed by atoms with Crippen molar-refractivity contribution in [1.29, 1.82) is 0 Å². The number of carbonyl (C=O) groups excluding carboxylic acids is 1. The van der Waals surface area contributed by atoms with E-state index in [1.807, 2.05) is 13.8 Å². The first kappa shape index (κ1) is 17.3. The predicted octanol–water partition coefficient (Wildman–Crippen LogP) is 3.30. The fourth-order valence-electron chi connectivity index (χ4n) is 1.92. The van der Waals surface area contributed by atoms with Gasteiger partial charge in [0.1, 0.15) is 0 Å². The van der Waals surface area contributed by atoms with E-state index in [0.29, 0.717) is 0 Å². The van der Waals surface area contributed by atoms with Gasteiger partial charge in [-0.15, -0.1) is 0 Å². The van der Waals surface area contributed by atoms with Crippen LogP contribution in [0.15, 0.2) is 18.2 Å². The molecule has 1 aromatic rings. The lowest BCUT2D eigenvalue weighted by molar-refractivity contribution is -0.137. The number of hydrazine groups is 1. The van der Waals surface area contributed by atoms with Gasteiger partial charge in [-0.2, -0.15) is 13.2 Å². The highest BCUT2D eigenvalue weighted by molar-refractivity contribution is 5.99. The lowest BCUT2D eigenvalue weighted by atomic mass is 10.1. The predicted molar refractivity (Wildman–Crippen MR) is 75.7 cm³/mol. The molecule has 0 fully saturated rings. The highest BCUT2D eigenvalue weighted by atomic mass is 19.4. The normalized spacial score (nSPS) is 12.9. The van der Waals surface area contributed by atoms with Crippen LogP contribution in [-0.4, -0.2) is 11.9 Å². The van der Waals surface area contributed by atoms with Crippen molar-refractivity contribution >= 4 is 11.6 Å². The molecule has 1 aromatic carbocycles. The minimum atomic E-state index is -4.50. The Hall–Kier alpha value is -1.76. The number of unbranched alkanes of at least 4 members (excludes halogenated alkanes) is 1. The number of alkyl halides is 3. The number of carbonyl (C=O) groups is 1. The van der Waals surface area contributed by atoms with Crippen LogP contribution in [0.1, 0.15) is 49.0 Å². The number of halogens is 3. The van der Waals surface area contributed by atoms with Crippen LogP contribution in [0, 0.1) is 0 Å². The number of nitrogens with one attached hydrogen (secondary N) is 2. The third-order valence-electron chi connectivity index (χ3n) is 3.12. The summed E-state index contributed by atoms with van der Waals surface area (Å²) in [6.45, 7) is 3.84. The lowest BCUT2D eigenvalue weighted by Gasteiger charge is -2.16. The second-order valence-corrected chi connectivity index (χ2v) is 4.92. The van der Waals surface area contributed by atoms with Crippen LogP contribution in [0.5, 0.6) is 0 Å². The van der Waals surface area contributed by atoms with Gasteiger partial charge < -0.3 is 10.7 Å². The molecule has 0 aliphatic rings. The molecule has 0 heterocycles. The summed E-state index contributed by atoms with van der Waals surface area (Å²) in [5.74, 6) is 4.68. The van der Waals surface area contributed by atoms with E-state index in [4.69, 9.17) is 5.84 Å². The van der Waals surface area contributed by atoms with E-state index >= 15 is 0 Å². The summed E-state index contributed by atoms with van der Waals surface area (Å²) >= 11 is 0. The Labute approximate surface area is 121 Å². The van der Waals surface area contributed by atoms with Gasteiger partial charge in [0.05, 0.1) is 16.8 Å². The Kier molecular flexibility index (Phi) is 6.02. The van der Waals surface area contributed by atoms with E-state index in [1.54, 1.807) is 0 Å². The smallest absolute Gasteiger partial charge is 0.350 e. The van der Waals surface area contributed by atoms with Gasteiger partial charge in [-0.3, -0.25) is 10.6 Å². The number of hydrogen-bond donors (Lipinski definition) is 3. The minimum absolute atomic E-state index is 0.113. The fraction of sp³-hybridized carbons (Fsp3) is 0.500. The average molecular weight is 303 g/mol. The zero-order valence-electron chi connectivity index (χ0n) is 12.1. The molecule has 4 N–H and O–H groups in total. The summed E-state index contributed by atoms with van der Waals surface area (Å²) in [5.41, 5.74) is 1.40. The Bertz CT molecular complexity index is 489. The van der Waals surface area contributed by atoms with Crippen molar-refractivity contribution in [1.82, 2.24) is 5.32 Å². The molecule has 1 unspecified atom stereocenters. The molecule has 4 nitrogen and oxygen atoms in total. The molecular formula is C14H20F3N3O. The van der Waals surface area contributed by atoms with Crippen molar-refractivity contribution < 1.29 is 18.0 Å². The number of benzene rings is 1. The van der Waals surface area contributed by atoms with Crippen LogP contribution < -0.4 is 16.6 Å². The van der Waals surface area contributed by atoms with E-state index in [-0.39, 0.29) is 17.3 Å². The molecule has 1 amide bonds. The van der Waals surface area contributed by atoms with Crippen molar-refractivity contribution in [2.75, 3.05) is 5.43 Å². The lowest BCUT2D eigenvalue weighted by Crippen LogP contribution is -2.33. The molecule has 1 atom stereocenters. The first-order valence-corrected chi connectivity index (χ1v) is 6.78. The monoisotopic (exact) mass is 303 g/mol. The molecule has 0 saturated heterocycles. The van der Waals surface area contributed by atoms with E-state index < -0.39 is 17.6 Å². The average Bonchev–Trinajstić information content (AvgIpc) is 2.43. The summed E-state index contributed by atoms with van der Waals surface area (Å²) in [6.07, 6.45) is -1.81. The summed E-state index contributed by atoms with van der Waals surface area (Å²) in [6, 6.07) is 2.72. The molecule has 0 radical (unpaired) electrons. The maximum atomic E-state index is 12.7. The molecular weight excluding hydrogens is 283 g/mol. The molecule has 21 heavy (non-hydrogen) atoms. The molecule has 0 bridgehead atoms. The van der Waals surface area contributed by atoms with Crippen molar-refractivity contribution in [2.45, 2.75) is 45.3 Å². The summed E-state index contributed by atoms with van der Waals surface area (Å²) < 4.78 is 38.1. The molecule has 0 aliphatic heterocycles. The maximum Gasteiger partial charge on any atom is 0.416 e. The zero-order chi connectivity index (χ0) is 16.0. The van der Waals surface area contributed by atoms with Crippen LogP contribution in [0.4, 0.5) is 18.9 Å². The Morgan fingerprint density at radius 1 is 1.38 bits per heavy atom. The largest absolute Gasteiger partial charge is 0.416 e. The number of anilines is 1. The molecule has 0 spiro atoms. The van der Waals surface area contributed by atoms with Crippen LogP contribution in [0.25, 0.3) is 0 Å². The second-order valence-electron chi connectivity index (χ2n) is 4.92.